The summed E-state index contributed by atoms with van der Waals surface area (Å²) >= 11 is 0. The van der Waals surface area contributed by atoms with E-state index in [0.717, 1.165) is 43.0 Å². The molecule has 1 aliphatic rings. The molecule has 28 heavy (non-hydrogen) atoms. The van der Waals surface area contributed by atoms with Crippen molar-refractivity contribution in [2.45, 2.75) is 32.9 Å². The van der Waals surface area contributed by atoms with E-state index in [2.05, 4.69) is 41.4 Å². The Balaban J connectivity index is 0.00000225. The van der Waals surface area contributed by atoms with E-state index in [1.165, 1.54) is 11.1 Å². The van der Waals surface area contributed by atoms with Crippen LogP contribution >= 0.6 is 12.4 Å². The number of hydrogen-bond donors (Lipinski definition) is 1. The minimum atomic E-state index is -0.0160. The predicted octanol–water partition coefficient (Wildman–Crippen LogP) is 3.13. The van der Waals surface area contributed by atoms with Crippen LogP contribution in [-0.4, -0.2) is 33.9 Å². The number of piperazine rings is 1. The molecule has 1 fully saturated rings. The zero-order valence-corrected chi connectivity index (χ0v) is 17.2. The highest BCUT2D eigenvalue weighted by Gasteiger charge is 2.24. The van der Waals surface area contributed by atoms with E-state index in [1.54, 1.807) is 16.7 Å². The molecule has 148 valence electrons. The summed E-state index contributed by atoms with van der Waals surface area (Å²) in [4.78, 5) is 19.7. The third-order valence-electron chi connectivity index (χ3n) is 5.43. The van der Waals surface area contributed by atoms with Crippen molar-refractivity contribution in [3.63, 3.8) is 0 Å². The normalized spacial score (nSPS) is 17.4. The van der Waals surface area contributed by atoms with Gasteiger partial charge in [-0.2, -0.15) is 0 Å². The molecule has 1 N–H and O–H groups in total. The molecule has 4 rings (SSSR count). The molecule has 1 unspecified atom stereocenters. The van der Waals surface area contributed by atoms with Gasteiger partial charge >= 0.3 is 0 Å². The van der Waals surface area contributed by atoms with Crippen LogP contribution in [0.4, 0.5) is 0 Å². The number of aromatic nitrogens is 2. The Bertz CT molecular complexity index is 1000. The molecule has 3 aromatic rings. The Morgan fingerprint density at radius 3 is 2.75 bits per heavy atom. The molecular weight excluding hydrogens is 372 g/mol. The number of rotatable bonds is 4. The SMILES string of the molecule is CCc1ccc(C2CNCCN2Cc2cc(=O)n3cccc(C)c3n2)cc1.Cl. The zero-order valence-electron chi connectivity index (χ0n) is 16.4. The Hall–Kier alpha value is -2.21. The second kappa shape index (κ2) is 8.86. The topological polar surface area (TPSA) is 49.6 Å². The summed E-state index contributed by atoms with van der Waals surface area (Å²) in [5.41, 5.74) is 5.26. The van der Waals surface area contributed by atoms with Crippen molar-refractivity contribution >= 4 is 18.1 Å². The molecule has 0 aliphatic carbocycles. The number of benzene rings is 1. The fourth-order valence-corrected chi connectivity index (χ4v) is 3.84. The van der Waals surface area contributed by atoms with Crippen LogP contribution in [0.2, 0.25) is 0 Å². The fourth-order valence-electron chi connectivity index (χ4n) is 3.84. The van der Waals surface area contributed by atoms with Gasteiger partial charge in [0.2, 0.25) is 0 Å². The Morgan fingerprint density at radius 2 is 2.00 bits per heavy atom. The zero-order chi connectivity index (χ0) is 18.8. The van der Waals surface area contributed by atoms with E-state index in [9.17, 15) is 4.79 Å². The average molecular weight is 399 g/mol. The molecule has 6 heteroatoms. The van der Waals surface area contributed by atoms with Crippen molar-refractivity contribution in [3.8, 4) is 0 Å². The predicted molar refractivity (Wildman–Crippen MR) is 115 cm³/mol. The van der Waals surface area contributed by atoms with Crippen LogP contribution in [0.25, 0.3) is 5.65 Å². The first kappa shape index (κ1) is 20.5. The minimum Gasteiger partial charge on any atom is -0.314 e. The first-order valence-electron chi connectivity index (χ1n) is 9.67. The summed E-state index contributed by atoms with van der Waals surface area (Å²) in [5, 5.41) is 3.50. The second-order valence-electron chi connectivity index (χ2n) is 7.26. The molecule has 1 aromatic carbocycles. The van der Waals surface area contributed by atoms with Gasteiger partial charge in [-0.15, -0.1) is 12.4 Å². The van der Waals surface area contributed by atoms with Crippen LogP contribution in [0.15, 0.2) is 53.5 Å². The molecule has 1 atom stereocenters. The van der Waals surface area contributed by atoms with Crippen LogP contribution in [0.1, 0.15) is 35.3 Å². The number of aryl methyl sites for hydroxylation is 2. The summed E-state index contributed by atoms with van der Waals surface area (Å²) in [7, 11) is 0. The number of fused-ring (bicyclic) bond motifs is 1. The largest absolute Gasteiger partial charge is 0.314 e. The minimum absolute atomic E-state index is 0. The summed E-state index contributed by atoms with van der Waals surface area (Å²) in [6, 6.07) is 14.7. The number of halogens is 1. The van der Waals surface area contributed by atoms with Gasteiger partial charge in [0.05, 0.1) is 5.69 Å². The molecule has 2 aromatic heterocycles. The molecule has 0 amide bonds. The van der Waals surface area contributed by atoms with Crippen molar-refractivity contribution < 1.29 is 0 Å². The van der Waals surface area contributed by atoms with Crippen LogP contribution in [0.5, 0.6) is 0 Å². The molecule has 0 radical (unpaired) electrons. The van der Waals surface area contributed by atoms with E-state index in [-0.39, 0.29) is 18.0 Å². The van der Waals surface area contributed by atoms with Gasteiger partial charge in [0.25, 0.3) is 5.56 Å². The highest BCUT2D eigenvalue weighted by molar-refractivity contribution is 5.85. The molecule has 1 saturated heterocycles. The standard InChI is InChI=1S/C22H26N4O.ClH/c1-3-17-6-8-18(9-7-17)20-14-23-10-12-25(20)15-19-13-21(27)26-11-4-5-16(2)22(26)24-19;/h4-9,11,13,20,23H,3,10,12,14-15H2,1-2H3;1H. The maximum Gasteiger partial charge on any atom is 0.258 e. The molecule has 1 aliphatic heterocycles. The fraction of sp³-hybridized carbons (Fsp3) is 0.364. The Labute approximate surface area is 171 Å². The molecule has 0 bridgehead atoms. The van der Waals surface area contributed by atoms with Gasteiger partial charge in [-0.3, -0.25) is 14.1 Å². The second-order valence-corrected chi connectivity index (χ2v) is 7.26. The van der Waals surface area contributed by atoms with Gasteiger partial charge in [-0.25, -0.2) is 4.98 Å². The lowest BCUT2D eigenvalue weighted by atomic mass is 10.0. The molecule has 3 heterocycles. The van der Waals surface area contributed by atoms with Gasteiger partial charge in [0.1, 0.15) is 5.65 Å². The molecular formula is C22H27ClN4O. The van der Waals surface area contributed by atoms with Crippen molar-refractivity contribution in [3.05, 3.63) is 81.4 Å². The number of hydrogen-bond acceptors (Lipinski definition) is 4. The summed E-state index contributed by atoms with van der Waals surface area (Å²) in [6.45, 7) is 7.66. The van der Waals surface area contributed by atoms with Gasteiger partial charge < -0.3 is 5.32 Å². The van der Waals surface area contributed by atoms with Crippen LogP contribution < -0.4 is 10.9 Å². The van der Waals surface area contributed by atoms with Crippen molar-refractivity contribution in [1.29, 1.82) is 0 Å². The highest BCUT2D eigenvalue weighted by Crippen LogP contribution is 2.24. The van der Waals surface area contributed by atoms with Gasteiger partial charge in [0, 0.05) is 44.5 Å². The molecule has 5 nitrogen and oxygen atoms in total. The van der Waals surface area contributed by atoms with E-state index in [4.69, 9.17) is 4.98 Å². The summed E-state index contributed by atoms with van der Waals surface area (Å²) in [5.74, 6) is 0. The maximum atomic E-state index is 12.5. The van der Waals surface area contributed by atoms with E-state index >= 15 is 0 Å². The Morgan fingerprint density at radius 1 is 1.21 bits per heavy atom. The van der Waals surface area contributed by atoms with Crippen molar-refractivity contribution in [1.82, 2.24) is 19.6 Å². The van der Waals surface area contributed by atoms with Gasteiger partial charge in [0.15, 0.2) is 0 Å². The third-order valence-corrected chi connectivity index (χ3v) is 5.43. The Kier molecular flexibility index (Phi) is 6.50. The quantitative estimate of drug-likeness (QED) is 0.733. The van der Waals surface area contributed by atoms with Crippen molar-refractivity contribution in [2.24, 2.45) is 0 Å². The van der Waals surface area contributed by atoms with E-state index in [1.807, 2.05) is 19.1 Å². The average Bonchev–Trinajstić information content (AvgIpc) is 2.69. The summed E-state index contributed by atoms with van der Waals surface area (Å²) < 4.78 is 1.62. The van der Waals surface area contributed by atoms with Gasteiger partial charge in [-0.1, -0.05) is 37.3 Å². The first-order valence-corrected chi connectivity index (χ1v) is 9.67. The highest BCUT2D eigenvalue weighted by atomic mass is 35.5. The van der Waals surface area contributed by atoms with Crippen molar-refractivity contribution in [2.75, 3.05) is 19.6 Å². The number of nitrogens with one attached hydrogen (secondary N) is 1. The summed E-state index contributed by atoms with van der Waals surface area (Å²) in [6.07, 6.45) is 2.83. The maximum absolute atomic E-state index is 12.5. The number of nitrogens with zero attached hydrogens (tertiary/aromatic N) is 3. The van der Waals surface area contributed by atoms with Crippen LogP contribution in [-0.2, 0) is 13.0 Å². The molecule has 0 saturated carbocycles. The first-order chi connectivity index (χ1) is 13.2. The van der Waals surface area contributed by atoms with E-state index in [0.29, 0.717) is 12.6 Å². The lowest BCUT2D eigenvalue weighted by Gasteiger charge is -2.36. The van der Waals surface area contributed by atoms with Gasteiger partial charge in [-0.05, 0) is 36.1 Å². The lowest BCUT2D eigenvalue weighted by molar-refractivity contribution is 0.152. The monoisotopic (exact) mass is 398 g/mol. The van der Waals surface area contributed by atoms with Crippen LogP contribution in [0, 0.1) is 6.92 Å². The third kappa shape index (κ3) is 4.12. The number of pyridine rings is 1. The molecule has 0 spiro atoms. The smallest absolute Gasteiger partial charge is 0.258 e. The van der Waals surface area contributed by atoms with Crippen LogP contribution in [0.3, 0.4) is 0 Å². The lowest BCUT2D eigenvalue weighted by Crippen LogP contribution is -2.45. The van der Waals surface area contributed by atoms with E-state index < -0.39 is 0 Å².